The predicted octanol–water partition coefficient (Wildman–Crippen LogP) is 2.92. The van der Waals surface area contributed by atoms with Crippen LogP contribution in [-0.2, 0) is 11.2 Å². The van der Waals surface area contributed by atoms with Crippen LogP contribution in [0.3, 0.4) is 0 Å². The minimum Gasteiger partial charge on any atom is -0.345 e. The Morgan fingerprint density at radius 1 is 1.43 bits per heavy atom. The summed E-state index contributed by atoms with van der Waals surface area (Å²) in [5, 5.41) is 1.98. The Hall–Kier alpha value is -2.29. The highest BCUT2D eigenvalue weighted by molar-refractivity contribution is 7.15. The number of nitrogens with zero attached hydrogens (tertiary/aromatic N) is 3. The maximum absolute atomic E-state index is 13.4. The zero-order valence-electron chi connectivity index (χ0n) is 15.8. The Morgan fingerprint density at radius 3 is 3.14 bits per heavy atom. The van der Waals surface area contributed by atoms with Gasteiger partial charge in [0, 0.05) is 43.4 Å². The lowest BCUT2D eigenvalue weighted by atomic mass is 9.99. The number of thiazole rings is 1. The average molecular weight is 402 g/mol. The van der Waals surface area contributed by atoms with E-state index in [4.69, 9.17) is 0 Å². The molecule has 1 fully saturated rings. The molecule has 1 aliphatic rings. The highest BCUT2D eigenvalue weighted by Gasteiger charge is 2.25. The third-order valence-corrected chi connectivity index (χ3v) is 5.95. The number of benzene rings is 1. The van der Waals surface area contributed by atoms with Crippen molar-refractivity contribution in [3.8, 4) is 0 Å². The number of amides is 1. The van der Waals surface area contributed by atoms with E-state index in [9.17, 15) is 9.18 Å². The third kappa shape index (κ3) is 4.40. The van der Waals surface area contributed by atoms with Crippen LogP contribution >= 0.6 is 11.3 Å². The number of hydrazine groups is 1. The summed E-state index contributed by atoms with van der Waals surface area (Å²) in [4.78, 5) is 19.6. The quantitative estimate of drug-likeness (QED) is 0.639. The van der Waals surface area contributed by atoms with Gasteiger partial charge >= 0.3 is 0 Å². The van der Waals surface area contributed by atoms with E-state index >= 15 is 0 Å². The second kappa shape index (κ2) is 8.38. The van der Waals surface area contributed by atoms with E-state index in [0.29, 0.717) is 19.0 Å². The number of hydrogen-bond donors (Lipinski definition) is 2. The van der Waals surface area contributed by atoms with Gasteiger partial charge in [0.05, 0.1) is 12.1 Å². The largest absolute Gasteiger partial charge is 0.345 e. The Morgan fingerprint density at radius 2 is 2.32 bits per heavy atom. The molecule has 0 aliphatic carbocycles. The topological polar surface area (TPSA) is 61.7 Å². The van der Waals surface area contributed by atoms with E-state index in [0.717, 1.165) is 35.5 Å². The average Bonchev–Trinajstić information content (AvgIpc) is 3.38. The number of nitrogens with one attached hydrogen (secondary N) is 2. The van der Waals surface area contributed by atoms with Gasteiger partial charge in [-0.05, 0) is 37.0 Å². The SMILES string of the molecule is CN(CCCC1CC(c2cccc(F)c2)NN1)C(=O)Cc1cn2ccsc2n1. The van der Waals surface area contributed by atoms with Crippen LogP contribution in [0, 0.1) is 5.82 Å². The van der Waals surface area contributed by atoms with Crippen LogP contribution in [0.1, 0.15) is 36.6 Å². The summed E-state index contributed by atoms with van der Waals surface area (Å²) in [6, 6.07) is 7.16. The number of likely N-dealkylation sites (N-methyl/N-ethyl adjacent to an activating group) is 1. The molecular formula is C20H24FN5OS. The summed E-state index contributed by atoms with van der Waals surface area (Å²) >= 11 is 1.56. The van der Waals surface area contributed by atoms with Gasteiger partial charge in [-0.3, -0.25) is 20.0 Å². The summed E-state index contributed by atoms with van der Waals surface area (Å²) in [7, 11) is 1.84. The number of fused-ring (bicyclic) bond motifs is 1. The van der Waals surface area contributed by atoms with Crippen molar-refractivity contribution in [2.24, 2.45) is 0 Å². The van der Waals surface area contributed by atoms with Crippen molar-refractivity contribution in [3.05, 3.63) is 59.1 Å². The Bertz CT molecular complexity index is 926. The van der Waals surface area contributed by atoms with Crippen LogP contribution in [-0.4, -0.2) is 39.8 Å². The minimum atomic E-state index is -0.208. The number of hydrogen-bond acceptors (Lipinski definition) is 5. The van der Waals surface area contributed by atoms with Crippen molar-refractivity contribution in [3.63, 3.8) is 0 Å². The molecular weight excluding hydrogens is 377 g/mol. The number of aromatic nitrogens is 2. The van der Waals surface area contributed by atoms with E-state index in [-0.39, 0.29) is 17.8 Å². The van der Waals surface area contributed by atoms with Gasteiger partial charge in [-0.2, -0.15) is 0 Å². The highest BCUT2D eigenvalue weighted by atomic mass is 32.1. The first-order valence-corrected chi connectivity index (χ1v) is 10.4. The fraction of sp³-hybridized carbons (Fsp3) is 0.400. The molecule has 4 rings (SSSR count). The van der Waals surface area contributed by atoms with Crippen molar-refractivity contribution in [2.45, 2.75) is 37.8 Å². The molecule has 6 nitrogen and oxygen atoms in total. The van der Waals surface area contributed by atoms with Gasteiger partial charge < -0.3 is 4.90 Å². The maximum atomic E-state index is 13.4. The lowest BCUT2D eigenvalue weighted by Gasteiger charge is -2.18. The van der Waals surface area contributed by atoms with Gasteiger partial charge in [0.1, 0.15) is 5.82 Å². The van der Waals surface area contributed by atoms with Crippen LogP contribution in [0.15, 0.2) is 42.0 Å². The molecule has 28 heavy (non-hydrogen) atoms. The molecule has 2 unspecified atom stereocenters. The van der Waals surface area contributed by atoms with Crippen molar-refractivity contribution >= 4 is 22.2 Å². The molecule has 0 saturated carbocycles. The molecule has 2 N–H and O–H groups in total. The first-order chi connectivity index (χ1) is 13.6. The number of imidazole rings is 1. The van der Waals surface area contributed by atoms with Crippen molar-refractivity contribution in [1.82, 2.24) is 25.1 Å². The molecule has 0 spiro atoms. The molecule has 8 heteroatoms. The van der Waals surface area contributed by atoms with E-state index in [1.807, 2.05) is 35.3 Å². The van der Waals surface area contributed by atoms with Crippen molar-refractivity contribution in [1.29, 1.82) is 0 Å². The van der Waals surface area contributed by atoms with E-state index in [1.54, 1.807) is 28.4 Å². The molecule has 0 bridgehead atoms. The Kier molecular flexibility index (Phi) is 5.70. The number of rotatable bonds is 7. The van der Waals surface area contributed by atoms with Crippen LogP contribution in [0.4, 0.5) is 4.39 Å². The molecule has 1 aliphatic heterocycles. The van der Waals surface area contributed by atoms with Gasteiger partial charge in [0.25, 0.3) is 0 Å². The summed E-state index contributed by atoms with van der Waals surface area (Å²) in [6.07, 6.45) is 6.97. The number of halogens is 1. The molecule has 2 atom stereocenters. The first-order valence-electron chi connectivity index (χ1n) is 9.50. The predicted molar refractivity (Wildman–Crippen MR) is 107 cm³/mol. The molecule has 2 aromatic heterocycles. The standard InChI is InChI=1S/C20H24FN5OS/c1-25(19(27)12-17-13-26-8-9-28-20(26)22-17)7-3-6-16-11-18(24-23-16)14-4-2-5-15(21)10-14/h2,4-5,8-10,13,16,18,23-24H,3,6-7,11-12H2,1H3. The monoisotopic (exact) mass is 401 g/mol. The molecule has 3 aromatic rings. The molecule has 1 amide bonds. The molecule has 3 heterocycles. The van der Waals surface area contributed by atoms with Crippen LogP contribution in [0.5, 0.6) is 0 Å². The Labute approximate surface area is 167 Å². The lowest BCUT2D eigenvalue weighted by molar-refractivity contribution is -0.129. The molecule has 1 saturated heterocycles. The van der Waals surface area contributed by atoms with Crippen molar-refractivity contribution < 1.29 is 9.18 Å². The van der Waals surface area contributed by atoms with Gasteiger partial charge in [0.15, 0.2) is 4.96 Å². The zero-order chi connectivity index (χ0) is 19.5. The molecule has 148 valence electrons. The fourth-order valence-corrected chi connectivity index (χ4v) is 4.32. The third-order valence-electron chi connectivity index (χ3n) is 5.18. The number of carbonyl (C=O) groups excluding carboxylic acids is 1. The Balaban J connectivity index is 1.20. The number of carbonyl (C=O) groups is 1. The lowest BCUT2D eigenvalue weighted by Crippen LogP contribution is -2.33. The van der Waals surface area contributed by atoms with Gasteiger partial charge in [-0.25, -0.2) is 9.37 Å². The minimum absolute atomic E-state index is 0.0842. The van der Waals surface area contributed by atoms with Crippen LogP contribution in [0.25, 0.3) is 4.96 Å². The van der Waals surface area contributed by atoms with Crippen LogP contribution in [0.2, 0.25) is 0 Å². The van der Waals surface area contributed by atoms with Gasteiger partial charge in [-0.1, -0.05) is 12.1 Å². The zero-order valence-corrected chi connectivity index (χ0v) is 16.6. The smallest absolute Gasteiger partial charge is 0.228 e. The summed E-state index contributed by atoms with van der Waals surface area (Å²) in [5.41, 5.74) is 8.31. The normalized spacial score (nSPS) is 19.4. The summed E-state index contributed by atoms with van der Waals surface area (Å²) in [5.74, 6) is -0.124. The fourth-order valence-electron chi connectivity index (χ4n) is 3.60. The first kappa shape index (κ1) is 19.0. The highest BCUT2D eigenvalue weighted by Crippen LogP contribution is 2.24. The second-order valence-corrected chi connectivity index (χ2v) is 8.16. The van der Waals surface area contributed by atoms with Gasteiger partial charge in [-0.15, -0.1) is 11.3 Å². The second-order valence-electron chi connectivity index (χ2n) is 7.29. The van der Waals surface area contributed by atoms with Crippen molar-refractivity contribution in [2.75, 3.05) is 13.6 Å². The van der Waals surface area contributed by atoms with E-state index in [1.165, 1.54) is 6.07 Å². The maximum Gasteiger partial charge on any atom is 0.228 e. The van der Waals surface area contributed by atoms with E-state index < -0.39 is 0 Å². The molecule has 1 aromatic carbocycles. The van der Waals surface area contributed by atoms with E-state index in [2.05, 4.69) is 15.8 Å². The van der Waals surface area contributed by atoms with Crippen LogP contribution < -0.4 is 10.9 Å². The summed E-state index contributed by atoms with van der Waals surface area (Å²) in [6.45, 7) is 0.712. The van der Waals surface area contributed by atoms with Gasteiger partial charge in [0.2, 0.25) is 5.91 Å². The summed E-state index contributed by atoms with van der Waals surface area (Å²) < 4.78 is 15.3. The molecule has 0 radical (unpaired) electrons.